The number of rotatable bonds is 4. The lowest BCUT2D eigenvalue weighted by Crippen LogP contribution is -2.48. The van der Waals surface area contributed by atoms with Crippen LogP contribution in [0.5, 0.6) is 0 Å². The van der Waals surface area contributed by atoms with Crippen molar-refractivity contribution in [1.82, 2.24) is 9.80 Å². The highest BCUT2D eigenvalue weighted by molar-refractivity contribution is 5.77. The molecule has 4 heteroatoms. The van der Waals surface area contributed by atoms with Crippen LogP contribution >= 0.6 is 0 Å². The Morgan fingerprint density at radius 2 is 2.21 bits per heavy atom. The predicted octanol–water partition coefficient (Wildman–Crippen LogP) is 1.21. The normalized spacial score (nSPS) is 19.9. The Kier molecular flexibility index (Phi) is 6.90. The lowest BCUT2D eigenvalue weighted by atomic mass is 10.2. The minimum absolute atomic E-state index is 0.0418. The molecule has 1 atom stereocenters. The predicted molar refractivity (Wildman–Crippen MR) is 76.7 cm³/mol. The first kappa shape index (κ1) is 16.0. The fourth-order valence-electron chi connectivity index (χ4n) is 2.16. The lowest BCUT2D eigenvalue weighted by Gasteiger charge is -2.34. The second-order valence-corrected chi connectivity index (χ2v) is 5.31. The van der Waals surface area contributed by atoms with Crippen LogP contribution in [0.3, 0.4) is 0 Å². The first-order valence-corrected chi connectivity index (χ1v) is 7.09. The van der Waals surface area contributed by atoms with Gasteiger partial charge in [0.15, 0.2) is 0 Å². The summed E-state index contributed by atoms with van der Waals surface area (Å²) in [5.41, 5.74) is 0. The highest BCUT2D eigenvalue weighted by Crippen LogP contribution is 2.08. The van der Waals surface area contributed by atoms with Crippen LogP contribution in [-0.4, -0.2) is 61.6 Å². The van der Waals surface area contributed by atoms with E-state index in [4.69, 9.17) is 4.74 Å². The van der Waals surface area contributed by atoms with Crippen LogP contribution in [0.15, 0.2) is 0 Å². The van der Waals surface area contributed by atoms with Crippen molar-refractivity contribution in [3.8, 4) is 11.8 Å². The molecule has 4 nitrogen and oxygen atoms in total. The van der Waals surface area contributed by atoms with Crippen molar-refractivity contribution in [2.24, 2.45) is 5.92 Å². The van der Waals surface area contributed by atoms with E-state index in [0.29, 0.717) is 6.54 Å². The van der Waals surface area contributed by atoms with Crippen molar-refractivity contribution in [3.63, 3.8) is 0 Å². The monoisotopic (exact) mass is 266 g/mol. The number of ether oxygens (including phenoxy) is 1. The molecule has 0 aromatic heterocycles. The van der Waals surface area contributed by atoms with Crippen LogP contribution in [-0.2, 0) is 9.53 Å². The van der Waals surface area contributed by atoms with Crippen LogP contribution in [0.2, 0.25) is 0 Å². The van der Waals surface area contributed by atoms with E-state index in [1.54, 1.807) is 4.90 Å². The van der Waals surface area contributed by atoms with Gasteiger partial charge in [-0.2, -0.15) is 0 Å². The van der Waals surface area contributed by atoms with Crippen molar-refractivity contribution in [1.29, 1.82) is 0 Å². The minimum Gasteiger partial charge on any atom is -0.374 e. The topological polar surface area (TPSA) is 32.8 Å². The number of carbonyl (C=O) groups excluding carboxylic acids is 1. The van der Waals surface area contributed by atoms with Crippen molar-refractivity contribution in [2.75, 3.05) is 39.8 Å². The third kappa shape index (κ3) is 5.63. The molecule has 1 rings (SSSR count). The van der Waals surface area contributed by atoms with Gasteiger partial charge in [-0.3, -0.25) is 9.69 Å². The van der Waals surface area contributed by atoms with Gasteiger partial charge in [0.2, 0.25) is 5.91 Å². The molecule has 0 radical (unpaired) electrons. The zero-order chi connectivity index (χ0) is 14.3. The van der Waals surface area contributed by atoms with Crippen LogP contribution < -0.4 is 0 Å². The Hall–Kier alpha value is -1.05. The van der Waals surface area contributed by atoms with Crippen molar-refractivity contribution < 1.29 is 9.53 Å². The molecule has 0 N–H and O–H groups in total. The van der Waals surface area contributed by atoms with Gasteiger partial charge in [0.1, 0.15) is 0 Å². The summed E-state index contributed by atoms with van der Waals surface area (Å²) >= 11 is 0. The summed E-state index contributed by atoms with van der Waals surface area (Å²) in [6.07, 6.45) is 1.00. The van der Waals surface area contributed by atoms with E-state index >= 15 is 0 Å². The fourth-order valence-corrected chi connectivity index (χ4v) is 2.16. The quantitative estimate of drug-likeness (QED) is 0.717. The van der Waals surface area contributed by atoms with E-state index in [0.717, 1.165) is 32.7 Å². The zero-order valence-electron chi connectivity index (χ0n) is 12.6. The number of hydrogen-bond acceptors (Lipinski definition) is 3. The Morgan fingerprint density at radius 3 is 2.84 bits per heavy atom. The van der Waals surface area contributed by atoms with E-state index < -0.39 is 0 Å². The largest absolute Gasteiger partial charge is 0.374 e. The van der Waals surface area contributed by atoms with Gasteiger partial charge >= 0.3 is 0 Å². The van der Waals surface area contributed by atoms with E-state index in [-0.39, 0.29) is 17.9 Å². The first-order chi connectivity index (χ1) is 9.04. The molecule has 1 fully saturated rings. The molecule has 108 valence electrons. The third-order valence-electron chi connectivity index (χ3n) is 3.17. The second kappa shape index (κ2) is 8.19. The van der Waals surface area contributed by atoms with Gasteiger partial charge in [-0.05, 0) is 0 Å². The van der Waals surface area contributed by atoms with Gasteiger partial charge in [0, 0.05) is 39.0 Å². The third-order valence-corrected chi connectivity index (χ3v) is 3.17. The van der Waals surface area contributed by atoms with Crippen molar-refractivity contribution in [2.45, 2.75) is 33.3 Å². The molecule has 1 saturated heterocycles. The summed E-state index contributed by atoms with van der Waals surface area (Å²) in [6, 6.07) is 0. The van der Waals surface area contributed by atoms with Gasteiger partial charge in [0.05, 0.1) is 19.3 Å². The maximum absolute atomic E-state index is 11.8. The molecule has 0 saturated carbocycles. The summed E-state index contributed by atoms with van der Waals surface area (Å²) in [4.78, 5) is 15.9. The fraction of sp³-hybridized carbons (Fsp3) is 0.800. The molecule has 0 aromatic carbocycles. The number of morpholine rings is 1. The maximum Gasteiger partial charge on any atom is 0.224 e. The number of amides is 1. The van der Waals surface area contributed by atoms with Crippen molar-refractivity contribution >= 4 is 5.91 Å². The molecule has 1 unspecified atom stereocenters. The molecule has 0 spiro atoms. The summed E-state index contributed by atoms with van der Waals surface area (Å²) in [7, 11) is 1.85. The van der Waals surface area contributed by atoms with Crippen LogP contribution in [0.4, 0.5) is 0 Å². The number of carbonyl (C=O) groups is 1. The number of nitrogens with zero attached hydrogens (tertiary/aromatic N) is 2. The van der Waals surface area contributed by atoms with Gasteiger partial charge in [-0.25, -0.2) is 0 Å². The molecule has 0 aromatic rings. The van der Waals surface area contributed by atoms with Gasteiger partial charge in [-0.15, -0.1) is 5.92 Å². The standard InChI is InChI=1S/C15H26N2O2/c1-5-6-7-8-17-9-10-19-14(12-17)11-16(4)15(18)13(2)3/h13-14H,5,8-12H2,1-4H3. The van der Waals surface area contributed by atoms with Gasteiger partial charge in [0.25, 0.3) is 0 Å². The summed E-state index contributed by atoms with van der Waals surface area (Å²) < 4.78 is 5.73. The average Bonchev–Trinajstić information content (AvgIpc) is 2.38. The Balaban J connectivity index is 2.40. The molecule has 1 aliphatic heterocycles. The van der Waals surface area contributed by atoms with E-state index in [2.05, 4.69) is 23.7 Å². The zero-order valence-corrected chi connectivity index (χ0v) is 12.6. The molecule has 1 heterocycles. The summed E-state index contributed by atoms with van der Waals surface area (Å²) in [5, 5.41) is 0. The highest BCUT2D eigenvalue weighted by atomic mass is 16.5. The smallest absolute Gasteiger partial charge is 0.224 e. The summed E-state index contributed by atoms with van der Waals surface area (Å²) in [6.45, 7) is 9.87. The minimum atomic E-state index is 0.0418. The maximum atomic E-state index is 11.8. The molecule has 1 amide bonds. The van der Waals surface area contributed by atoms with Crippen molar-refractivity contribution in [3.05, 3.63) is 0 Å². The molecule has 1 aliphatic rings. The van der Waals surface area contributed by atoms with Crippen LogP contribution in [0.25, 0.3) is 0 Å². The molecular weight excluding hydrogens is 240 g/mol. The molecule has 0 aliphatic carbocycles. The Bertz CT molecular complexity index is 344. The van der Waals surface area contributed by atoms with Gasteiger partial charge in [-0.1, -0.05) is 26.7 Å². The second-order valence-electron chi connectivity index (χ2n) is 5.31. The van der Waals surface area contributed by atoms with E-state index in [1.165, 1.54) is 0 Å². The van der Waals surface area contributed by atoms with Crippen LogP contribution in [0, 0.1) is 17.8 Å². The summed E-state index contributed by atoms with van der Waals surface area (Å²) in [5.74, 6) is 6.46. The SMILES string of the molecule is CCC#CCN1CCOC(CN(C)C(=O)C(C)C)C1. The van der Waals surface area contributed by atoms with E-state index in [9.17, 15) is 4.79 Å². The highest BCUT2D eigenvalue weighted by Gasteiger charge is 2.23. The van der Waals surface area contributed by atoms with E-state index in [1.807, 2.05) is 20.9 Å². The van der Waals surface area contributed by atoms with Gasteiger partial charge < -0.3 is 9.64 Å². The number of hydrogen-bond donors (Lipinski definition) is 0. The average molecular weight is 266 g/mol. The van der Waals surface area contributed by atoms with Crippen LogP contribution in [0.1, 0.15) is 27.2 Å². The molecule has 0 bridgehead atoms. The lowest BCUT2D eigenvalue weighted by molar-refractivity contribution is -0.136. The Morgan fingerprint density at radius 1 is 1.47 bits per heavy atom. The first-order valence-electron chi connectivity index (χ1n) is 7.09. The number of likely N-dealkylation sites (N-methyl/N-ethyl adjacent to an activating group) is 1. The molecular formula is C15H26N2O2. The molecule has 19 heavy (non-hydrogen) atoms. The Labute approximate surface area is 117 Å².